The van der Waals surface area contributed by atoms with Gasteiger partial charge in [0.15, 0.2) is 0 Å². The van der Waals surface area contributed by atoms with Crippen molar-refractivity contribution in [1.29, 1.82) is 0 Å². The highest BCUT2D eigenvalue weighted by atomic mass is 16.2. The van der Waals surface area contributed by atoms with Gasteiger partial charge < -0.3 is 14.7 Å². The lowest BCUT2D eigenvalue weighted by molar-refractivity contribution is 0.0745. The van der Waals surface area contributed by atoms with Crippen LogP contribution >= 0.6 is 0 Å². The lowest BCUT2D eigenvalue weighted by Crippen LogP contribution is -2.49. The van der Waals surface area contributed by atoms with E-state index in [4.69, 9.17) is 4.98 Å². The zero-order valence-corrected chi connectivity index (χ0v) is 17.8. The summed E-state index contributed by atoms with van der Waals surface area (Å²) < 4.78 is 0. The van der Waals surface area contributed by atoms with Crippen molar-refractivity contribution in [3.8, 4) is 0 Å². The van der Waals surface area contributed by atoms with Gasteiger partial charge in [-0.05, 0) is 51.7 Å². The highest BCUT2D eigenvalue weighted by Crippen LogP contribution is 2.24. The molecule has 2 aliphatic heterocycles. The first-order chi connectivity index (χ1) is 14.0. The van der Waals surface area contributed by atoms with Gasteiger partial charge in [0.1, 0.15) is 17.5 Å². The zero-order chi connectivity index (χ0) is 20.4. The normalized spacial score (nSPS) is 17.6. The molecule has 0 atom stereocenters. The molecule has 0 bridgehead atoms. The van der Waals surface area contributed by atoms with Crippen LogP contribution in [0.5, 0.6) is 0 Å². The van der Waals surface area contributed by atoms with E-state index in [1.807, 2.05) is 37.8 Å². The smallest absolute Gasteiger partial charge is 0.254 e. The number of rotatable bonds is 3. The average molecular weight is 394 g/mol. The molecule has 0 spiro atoms. The first kappa shape index (κ1) is 19.7. The highest BCUT2D eigenvalue weighted by Gasteiger charge is 2.25. The third-order valence-corrected chi connectivity index (χ3v) is 6.01. The summed E-state index contributed by atoms with van der Waals surface area (Å²) in [6, 6.07) is 8.22. The maximum Gasteiger partial charge on any atom is 0.254 e. The predicted octanol–water partition coefficient (Wildman–Crippen LogP) is 3.35. The number of anilines is 2. The van der Waals surface area contributed by atoms with Gasteiger partial charge in [0, 0.05) is 50.9 Å². The number of nitrogens with zero attached hydrogens (tertiary/aromatic N) is 5. The summed E-state index contributed by atoms with van der Waals surface area (Å²) in [6.07, 6.45) is 3.78. The molecule has 6 heteroatoms. The van der Waals surface area contributed by atoms with Crippen LogP contribution in [0.2, 0.25) is 0 Å². The number of aryl methyl sites for hydroxylation is 3. The van der Waals surface area contributed by atoms with E-state index in [0.29, 0.717) is 13.1 Å². The fourth-order valence-corrected chi connectivity index (χ4v) is 4.26. The van der Waals surface area contributed by atoms with Crippen molar-refractivity contribution in [3.63, 3.8) is 0 Å². The van der Waals surface area contributed by atoms with Crippen molar-refractivity contribution >= 4 is 17.5 Å². The number of amides is 1. The largest absolute Gasteiger partial charge is 0.356 e. The highest BCUT2D eigenvalue weighted by molar-refractivity contribution is 5.96. The molecule has 0 unspecified atom stereocenters. The summed E-state index contributed by atoms with van der Waals surface area (Å²) in [4.78, 5) is 29.0. The molecule has 2 fully saturated rings. The van der Waals surface area contributed by atoms with E-state index < -0.39 is 0 Å². The summed E-state index contributed by atoms with van der Waals surface area (Å²) >= 11 is 0. The van der Waals surface area contributed by atoms with E-state index in [2.05, 4.69) is 26.9 Å². The van der Waals surface area contributed by atoms with Crippen molar-refractivity contribution in [2.75, 3.05) is 49.1 Å². The molecule has 1 aromatic carbocycles. The molecule has 4 rings (SSSR count). The lowest BCUT2D eigenvalue weighted by Gasteiger charge is -2.36. The Bertz CT molecular complexity index is 883. The quantitative estimate of drug-likeness (QED) is 0.800. The van der Waals surface area contributed by atoms with Crippen LogP contribution in [-0.4, -0.2) is 60.0 Å². The maximum absolute atomic E-state index is 13.0. The molecule has 0 saturated carbocycles. The van der Waals surface area contributed by atoms with E-state index >= 15 is 0 Å². The molecule has 0 N–H and O–H groups in total. The molecular weight excluding hydrogens is 362 g/mol. The molecule has 1 aromatic heterocycles. The van der Waals surface area contributed by atoms with Crippen molar-refractivity contribution in [2.45, 2.75) is 40.0 Å². The van der Waals surface area contributed by atoms with Crippen LogP contribution in [0, 0.1) is 20.8 Å². The van der Waals surface area contributed by atoms with Gasteiger partial charge in [-0.1, -0.05) is 17.7 Å². The number of piperidine rings is 1. The van der Waals surface area contributed by atoms with Crippen LogP contribution in [0.4, 0.5) is 11.6 Å². The van der Waals surface area contributed by atoms with Crippen molar-refractivity contribution < 1.29 is 4.79 Å². The monoisotopic (exact) mass is 393 g/mol. The molecule has 3 heterocycles. The van der Waals surface area contributed by atoms with Crippen LogP contribution in [0.15, 0.2) is 24.3 Å². The first-order valence-electron chi connectivity index (χ1n) is 10.7. The summed E-state index contributed by atoms with van der Waals surface area (Å²) in [7, 11) is 0. The third kappa shape index (κ3) is 4.36. The number of benzene rings is 1. The zero-order valence-electron chi connectivity index (χ0n) is 17.8. The van der Waals surface area contributed by atoms with Crippen LogP contribution < -0.4 is 9.80 Å². The second kappa shape index (κ2) is 8.39. The molecule has 154 valence electrons. The van der Waals surface area contributed by atoms with Crippen LogP contribution in [-0.2, 0) is 0 Å². The molecule has 0 aliphatic carbocycles. The Hall–Kier alpha value is -2.63. The Morgan fingerprint density at radius 2 is 1.41 bits per heavy atom. The van der Waals surface area contributed by atoms with Gasteiger partial charge in [0.05, 0.1) is 0 Å². The first-order valence-corrected chi connectivity index (χ1v) is 10.7. The van der Waals surface area contributed by atoms with Gasteiger partial charge in [0.2, 0.25) is 0 Å². The molecule has 2 aromatic rings. The molecule has 2 saturated heterocycles. The second-order valence-electron chi connectivity index (χ2n) is 8.28. The van der Waals surface area contributed by atoms with Gasteiger partial charge in [-0.15, -0.1) is 0 Å². The maximum atomic E-state index is 13.0. The summed E-state index contributed by atoms with van der Waals surface area (Å²) in [5.74, 6) is 2.98. The van der Waals surface area contributed by atoms with Crippen molar-refractivity contribution in [1.82, 2.24) is 14.9 Å². The number of hydrogen-bond acceptors (Lipinski definition) is 5. The second-order valence-corrected chi connectivity index (χ2v) is 8.28. The Morgan fingerprint density at radius 3 is 2.07 bits per heavy atom. The summed E-state index contributed by atoms with van der Waals surface area (Å²) in [5, 5.41) is 0. The van der Waals surface area contributed by atoms with E-state index in [1.165, 1.54) is 19.3 Å². The van der Waals surface area contributed by atoms with E-state index in [9.17, 15) is 4.79 Å². The van der Waals surface area contributed by atoms with Gasteiger partial charge in [-0.2, -0.15) is 0 Å². The van der Waals surface area contributed by atoms with Crippen LogP contribution in [0.1, 0.15) is 46.6 Å². The molecule has 6 nitrogen and oxygen atoms in total. The van der Waals surface area contributed by atoms with Crippen molar-refractivity contribution in [3.05, 3.63) is 46.8 Å². The Balaban J connectivity index is 1.45. The Labute approximate surface area is 173 Å². The Kier molecular flexibility index (Phi) is 5.69. The van der Waals surface area contributed by atoms with Gasteiger partial charge in [-0.3, -0.25) is 4.79 Å². The summed E-state index contributed by atoms with van der Waals surface area (Å²) in [5.41, 5.74) is 2.99. The molecule has 0 radical (unpaired) electrons. The standard InChI is InChI=1S/C23H31N5O/c1-17-7-8-18(2)20(15-17)23(29)28-13-11-27(12-14-28)22-16-21(24-19(3)25-22)26-9-5-4-6-10-26/h7-8,15-16H,4-6,9-14H2,1-3H3. The fourth-order valence-electron chi connectivity index (χ4n) is 4.26. The number of carbonyl (C=O) groups is 1. The van der Waals surface area contributed by atoms with Gasteiger partial charge >= 0.3 is 0 Å². The van der Waals surface area contributed by atoms with E-state index in [0.717, 1.165) is 60.3 Å². The molecular formula is C23H31N5O. The minimum atomic E-state index is 0.138. The lowest BCUT2D eigenvalue weighted by atomic mass is 10.0. The van der Waals surface area contributed by atoms with Crippen LogP contribution in [0.3, 0.4) is 0 Å². The minimum absolute atomic E-state index is 0.138. The number of carbonyl (C=O) groups excluding carboxylic acids is 1. The Morgan fingerprint density at radius 1 is 0.793 bits per heavy atom. The van der Waals surface area contributed by atoms with Gasteiger partial charge in [-0.25, -0.2) is 9.97 Å². The number of piperazine rings is 1. The van der Waals surface area contributed by atoms with E-state index in [-0.39, 0.29) is 5.91 Å². The van der Waals surface area contributed by atoms with Crippen LogP contribution in [0.25, 0.3) is 0 Å². The topological polar surface area (TPSA) is 52.6 Å². The fraction of sp³-hybridized carbons (Fsp3) is 0.522. The number of aromatic nitrogens is 2. The third-order valence-electron chi connectivity index (χ3n) is 6.01. The molecule has 2 aliphatic rings. The van der Waals surface area contributed by atoms with Crippen molar-refractivity contribution in [2.24, 2.45) is 0 Å². The number of hydrogen-bond donors (Lipinski definition) is 0. The predicted molar refractivity (Wildman–Crippen MR) is 117 cm³/mol. The average Bonchev–Trinajstić information content (AvgIpc) is 2.75. The minimum Gasteiger partial charge on any atom is -0.356 e. The molecule has 1 amide bonds. The summed E-state index contributed by atoms with van der Waals surface area (Å²) in [6.45, 7) is 11.2. The van der Waals surface area contributed by atoms with E-state index in [1.54, 1.807) is 0 Å². The van der Waals surface area contributed by atoms with Gasteiger partial charge in [0.25, 0.3) is 5.91 Å². The molecule has 29 heavy (non-hydrogen) atoms. The SMILES string of the molecule is Cc1ccc(C)c(C(=O)N2CCN(c3cc(N4CCCCC4)nc(C)n3)CC2)c1.